The lowest BCUT2D eigenvalue weighted by molar-refractivity contribution is -0.137. The number of anilines is 1. The van der Waals surface area contributed by atoms with Crippen molar-refractivity contribution >= 4 is 11.6 Å². The second-order valence-electron chi connectivity index (χ2n) is 5.89. The zero-order valence-electron chi connectivity index (χ0n) is 14.4. The van der Waals surface area contributed by atoms with Gasteiger partial charge in [-0.25, -0.2) is 9.07 Å². The topological polar surface area (TPSA) is 64.0 Å². The molecule has 0 saturated heterocycles. The van der Waals surface area contributed by atoms with E-state index in [4.69, 9.17) is 0 Å². The molecule has 28 heavy (non-hydrogen) atoms. The van der Waals surface area contributed by atoms with Gasteiger partial charge in [-0.1, -0.05) is 18.2 Å². The first-order valence-corrected chi connectivity index (χ1v) is 8.01. The van der Waals surface area contributed by atoms with E-state index in [-0.39, 0.29) is 17.1 Å². The van der Waals surface area contributed by atoms with Gasteiger partial charge in [0.2, 0.25) is 5.43 Å². The summed E-state index contributed by atoms with van der Waals surface area (Å²) in [6.45, 7) is 1.40. The maximum absolute atomic E-state index is 13.3. The van der Waals surface area contributed by atoms with Crippen LogP contribution in [-0.4, -0.2) is 15.7 Å². The van der Waals surface area contributed by atoms with Gasteiger partial charge in [0, 0.05) is 17.4 Å². The molecule has 0 fully saturated rings. The van der Waals surface area contributed by atoms with Crippen LogP contribution in [0.1, 0.15) is 21.7 Å². The number of aryl methyl sites for hydroxylation is 1. The SMILES string of the molecule is Cc1cc(=O)c(C(=O)Nc2cccc(F)c2)nn1-c1ccccc1C(F)(F)F. The van der Waals surface area contributed by atoms with E-state index in [1.807, 2.05) is 0 Å². The second kappa shape index (κ2) is 7.26. The molecular formula is C19H13F4N3O2. The van der Waals surface area contributed by atoms with Crippen LogP contribution in [0.3, 0.4) is 0 Å². The van der Waals surface area contributed by atoms with E-state index in [1.54, 1.807) is 0 Å². The van der Waals surface area contributed by atoms with E-state index in [0.717, 1.165) is 22.9 Å². The van der Waals surface area contributed by atoms with Gasteiger partial charge in [0.1, 0.15) is 5.82 Å². The van der Waals surface area contributed by atoms with Crippen LogP contribution >= 0.6 is 0 Å². The molecule has 0 spiro atoms. The van der Waals surface area contributed by atoms with Crippen LogP contribution in [0.2, 0.25) is 0 Å². The van der Waals surface area contributed by atoms with E-state index in [2.05, 4.69) is 10.4 Å². The maximum Gasteiger partial charge on any atom is 0.418 e. The molecule has 0 aliphatic rings. The summed E-state index contributed by atoms with van der Waals surface area (Å²) in [4.78, 5) is 24.6. The number of benzene rings is 2. The quantitative estimate of drug-likeness (QED) is 0.688. The van der Waals surface area contributed by atoms with Gasteiger partial charge in [-0.3, -0.25) is 9.59 Å². The molecule has 3 rings (SSSR count). The second-order valence-corrected chi connectivity index (χ2v) is 5.89. The third-order valence-corrected chi connectivity index (χ3v) is 3.84. The van der Waals surface area contributed by atoms with Crippen molar-refractivity contribution in [1.29, 1.82) is 0 Å². The highest BCUT2D eigenvalue weighted by molar-refractivity contribution is 6.02. The average Bonchev–Trinajstić information content (AvgIpc) is 2.61. The van der Waals surface area contributed by atoms with E-state index >= 15 is 0 Å². The van der Waals surface area contributed by atoms with Crippen molar-refractivity contribution in [3.63, 3.8) is 0 Å². The molecule has 2 aromatic carbocycles. The number of para-hydroxylation sites is 1. The number of hydrogen-bond acceptors (Lipinski definition) is 3. The zero-order valence-corrected chi connectivity index (χ0v) is 14.4. The summed E-state index contributed by atoms with van der Waals surface area (Å²) in [6.07, 6.45) is -4.65. The Balaban J connectivity index is 2.08. The zero-order chi connectivity index (χ0) is 20.5. The summed E-state index contributed by atoms with van der Waals surface area (Å²) in [5, 5.41) is 6.14. The van der Waals surface area contributed by atoms with Gasteiger partial charge in [-0.2, -0.15) is 18.3 Å². The number of carbonyl (C=O) groups is 1. The Morgan fingerprint density at radius 3 is 2.46 bits per heavy atom. The Labute approximate surface area is 156 Å². The molecule has 1 heterocycles. The third kappa shape index (κ3) is 3.93. The van der Waals surface area contributed by atoms with Gasteiger partial charge < -0.3 is 5.32 Å². The van der Waals surface area contributed by atoms with Crippen molar-refractivity contribution in [2.75, 3.05) is 5.32 Å². The Kier molecular flexibility index (Phi) is 5.00. The number of hydrogen-bond donors (Lipinski definition) is 1. The number of nitrogens with zero attached hydrogens (tertiary/aromatic N) is 2. The fourth-order valence-electron chi connectivity index (χ4n) is 2.60. The van der Waals surface area contributed by atoms with Gasteiger partial charge in [-0.05, 0) is 37.3 Å². The largest absolute Gasteiger partial charge is 0.418 e. The lowest BCUT2D eigenvalue weighted by Crippen LogP contribution is -2.27. The van der Waals surface area contributed by atoms with Crippen molar-refractivity contribution in [2.24, 2.45) is 0 Å². The van der Waals surface area contributed by atoms with Crippen LogP contribution < -0.4 is 10.7 Å². The minimum Gasteiger partial charge on any atom is -0.320 e. The van der Waals surface area contributed by atoms with Gasteiger partial charge in [0.15, 0.2) is 5.69 Å². The van der Waals surface area contributed by atoms with Gasteiger partial charge in [0.25, 0.3) is 5.91 Å². The Morgan fingerprint density at radius 2 is 1.79 bits per heavy atom. The van der Waals surface area contributed by atoms with Gasteiger partial charge >= 0.3 is 6.18 Å². The number of nitrogens with one attached hydrogen (secondary N) is 1. The molecule has 0 radical (unpaired) electrons. The van der Waals surface area contributed by atoms with Crippen LogP contribution in [-0.2, 0) is 6.18 Å². The highest BCUT2D eigenvalue weighted by atomic mass is 19.4. The Bertz CT molecular complexity index is 1110. The Hall–Kier alpha value is -3.49. The third-order valence-electron chi connectivity index (χ3n) is 3.84. The van der Waals surface area contributed by atoms with Crippen molar-refractivity contribution in [3.8, 4) is 5.69 Å². The van der Waals surface area contributed by atoms with Crippen LogP contribution in [0.15, 0.2) is 59.4 Å². The number of rotatable bonds is 3. The molecule has 144 valence electrons. The Morgan fingerprint density at radius 1 is 1.07 bits per heavy atom. The summed E-state index contributed by atoms with van der Waals surface area (Å²) in [6, 6.07) is 10.6. The van der Waals surface area contributed by atoms with Crippen LogP contribution in [0.25, 0.3) is 5.69 Å². The summed E-state index contributed by atoms with van der Waals surface area (Å²) in [7, 11) is 0. The normalized spacial score (nSPS) is 11.3. The molecule has 0 atom stereocenters. The standard InChI is InChI=1S/C19H13F4N3O2/c1-11-9-16(27)17(18(28)24-13-6-4-5-12(20)10-13)25-26(11)15-8-3-2-7-14(15)19(21,22)23/h2-10H,1H3,(H,24,28). The molecule has 0 unspecified atom stereocenters. The summed E-state index contributed by atoms with van der Waals surface area (Å²) < 4.78 is 54.1. The molecule has 1 aromatic heterocycles. The molecule has 0 saturated carbocycles. The van der Waals surface area contributed by atoms with Gasteiger partial charge in [-0.15, -0.1) is 0 Å². The molecule has 0 aliphatic heterocycles. The van der Waals surface area contributed by atoms with Crippen LogP contribution in [0, 0.1) is 12.7 Å². The molecule has 0 bridgehead atoms. The molecule has 1 N–H and O–H groups in total. The first-order valence-electron chi connectivity index (χ1n) is 8.01. The lowest BCUT2D eigenvalue weighted by atomic mass is 10.1. The average molecular weight is 391 g/mol. The van der Waals surface area contributed by atoms with Crippen molar-refractivity contribution in [3.05, 3.63) is 87.6 Å². The maximum atomic E-state index is 13.3. The smallest absolute Gasteiger partial charge is 0.320 e. The fourth-order valence-corrected chi connectivity index (χ4v) is 2.60. The fraction of sp³-hybridized carbons (Fsp3) is 0.105. The van der Waals surface area contributed by atoms with Gasteiger partial charge in [0.05, 0.1) is 11.3 Å². The molecule has 0 aliphatic carbocycles. The number of aromatic nitrogens is 2. The molecular weight excluding hydrogens is 378 g/mol. The first kappa shape index (κ1) is 19.3. The summed E-state index contributed by atoms with van der Waals surface area (Å²) in [5.41, 5.74) is -2.49. The molecule has 9 heteroatoms. The molecule has 1 amide bonds. The summed E-state index contributed by atoms with van der Waals surface area (Å²) in [5.74, 6) is -1.57. The monoisotopic (exact) mass is 391 g/mol. The highest BCUT2D eigenvalue weighted by Gasteiger charge is 2.34. The molecule has 5 nitrogen and oxygen atoms in total. The summed E-state index contributed by atoms with van der Waals surface area (Å²) >= 11 is 0. The number of carbonyl (C=O) groups excluding carboxylic acids is 1. The number of amides is 1. The van der Waals surface area contributed by atoms with E-state index in [1.165, 1.54) is 43.3 Å². The first-order chi connectivity index (χ1) is 13.2. The van der Waals surface area contributed by atoms with E-state index < -0.39 is 34.6 Å². The minimum atomic E-state index is -4.65. The predicted octanol–water partition coefficient (Wildman–Crippen LogP) is 3.95. The van der Waals surface area contributed by atoms with Crippen LogP contribution in [0.4, 0.5) is 23.2 Å². The number of alkyl halides is 3. The van der Waals surface area contributed by atoms with Crippen molar-refractivity contribution < 1.29 is 22.4 Å². The van der Waals surface area contributed by atoms with Crippen molar-refractivity contribution in [1.82, 2.24) is 9.78 Å². The molecule has 3 aromatic rings. The minimum absolute atomic E-state index is 0.0778. The van der Waals surface area contributed by atoms with Crippen molar-refractivity contribution in [2.45, 2.75) is 13.1 Å². The van der Waals surface area contributed by atoms with E-state index in [9.17, 15) is 27.2 Å². The lowest BCUT2D eigenvalue weighted by Gasteiger charge is -2.16. The predicted molar refractivity (Wildman–Crippen MR) is 93.9 cm³/mol. The van der Waals surface area contributed by atoms with Crippen LogP contribution in [0.5, 0.6) is 0 Å². The number of halogens is 4. The van der Waals surface area contributed by atoms with E-state index in [0.29, 0.717) is 0 Å². The highest BCUT2D eigenvalue weighted by Crippen LogP contribution is 2.33.